The number of nitrogens with zero attached hydrogens (tertiary/aromatic N) is 1. The predicted molar refractivity (Wildman–Crippen MR) is 82.7 cm³/mol. The summed E-state index contributed by atoms with van der Waals surface area (Å²) in [6, 6.07) is 8.98. The number of nitrogens with two attached hydrogens (primary N) is 1. The lowest BCUT2D eigenvalue weighted by atomic mass is 10.1. The van der Waals surface area contributed by atoms with Crippen LogP contribution in [0, 0.1) is 0 Å². The van der Waals surface area contributed by atoms with Crippen molar-refractivity contribution in [3.63, 3.8) is 0 Å². The SMILES string of the molecule is CCC(N)Cc1cccnc1Oc1cc(Cl)cc(Cl)c1. The maximum atomic E-state index is 5.99. The Balaban J connectivity index is 2.24. The Hall–Kier alpha value is -1.29. The number of aromatic nitrogens is 1. The molecule has 2 aromatic rings. The van der Waals surface area contributed by atoms with Gasteiger partial charge in [0.25, 0.3) is 0 Å². The first-order chi connectivity index (χ1) is 9.58. The Morgan fingerprint density at radius 3 is 2.60 bits per heavy atom. The molecule has 0 aliphatic carbocycles. The van der Waals surface area contributed by atoms with Gasteiger partial charge in [0.1, 0.15) is 5.75 Å². The third kappa shape index (κ3) is 4.10. The molecule has 0 saturated carbocycles. The molecular formula is C15H16Cl2N2O. The lowest BCUT2D eigenvalue weighted by Gasteiger charge is -2.13. The maximum Gasteiger partial charge on any atom is 0.222 e. The minimum Gasteiger partial charge on any atom is -0.439 e. The Morgan fingerprint density at radius 1 is 1.25 bits per heavy atom. The molecular weight excluding hydrogens is 295 g/mol. The quantitative estimate of drug-likeness (QED) is 0.887. The van der Waals surface area contributed by atoms with Gasteiger partial charge in [-0.3, -0.25) is 0 Å². The number of hydrogen-bond acceptors (Lipinski definition) is 3. The van der Waals surface area contributed by atoms with Crippen LogP contribution in [0.5, 0.6) is 11.6 Å². The molecule has 1 unspecified atom stereocenters. The smallest absolute Gasteiger partial charge is 0.222 e. The molecule has 106 valence electrons. The van der Waals surface area contributed by atoms with Crippen molar-refractivity contribution < 1.29 is 4.74 Å². The number of rotatable bonds is 5. The topological polar surface area (TPSA) is 48.1 Å². The van der Waals surface area contributed by atoms with Gasteiger partial charge in [0.2, 0.25) is 5.88 Å². The van der Waals surface area contributed by atoms with Gasteiger partial charge in [-0.1, -0.05) is 36.2 Å². The van der Waals surface area contributed by atoms with Crippen LogP contribution in [0.3, 0.4) is 0 Å². The molecule has 0 radical (unpaired) electrons. The predicted octanol–water partition coefficient (Wildman–Crippen LogP) is 4.46. The van der Waals surface area contributed by atoms with Crippen LogP contribution in [0.4, 0.5) is 0 Å². The second-order valence-electron chi connectivity index (χ2n) is 4.55. The van der Waals surface area contributed by atoms with Gasteiger partial charge in [-0.05, 0) is 37.1 Å². The van der Waals surface area contributed by atoms with Gasteiger partial charge in [-0.25, -0.2) is 4.98 Å². The summed E-state index contributed by atoms with van der Waals surface area (Å²) in [5.41, 5.74) is 6.96. The molecule has 0 aliphatic heterocycles. The molecule has 2 N–H and O–H groups in total. The molecule has 0 bridgehead atoms. The summed E-state index contributed by atoms with van der Waals surface area (Å²) in [5, 5.41) is 1.05. The van der Waals surface area contributed by atoms with Crippen LogP contribution in [-0.2, 0) is 6.42 Å². The van der Waals surface area contributed by atoms with Crippen LogP contribution >= 0.6 is 23.2 Å². The average molecular weight is 311 g/mol. The van der Waals surface area contributed by atoms with Crippen LogP contribution in [0.25, 0.3) is 0 Å². The van der Waals surface area contributed by atoms with Gasteiger partial charge >= 0.3 is 0 Å². The van der Waals surface area contributed by atoms with E-state index in [9.17, 15) is 0 Å². The maximum absolute atomic E-state index is 5.99. The Labute approximate surface area is 128 Å². The van der Waals surface area contributed by atoms with E-state index in [2.05, 4.69) is 11.9 Å². The summed E-state index contributed by atoms with van der Waals surface area (Å²) in [4.78, 5) is 4.26. The first-order valence-electron chi connectivity index (χ1n) is 6.42. The van der Waals surface area contributed by atoms with Crippen molar-refractivity contribution >= 4 is 23.2 Å². The lowest BCUT2D eigenvalue weighted by Crippen LogP contribution is -2.21. The summed E-state index contributed by atoms with van der Waals surface area (Å²) in [5.74, 6) is 1.10. The average Bonchev–Trinajstić information content (AvgIpc) is 2.39. The zero-order valence-corrected chi connectivity index (χ0v) is 12.7. The van der Waals surface area contributed by atoms with Gasteiger partial charge in [0.15, 0.2) is 0 Å². The van der Waals surface area contributed by atoms with E-state index < -0.39 is 0 Å². The molecule has 3 nitrogen and oxygen atoms in total. The van der Waals surface area contributed by atoms with Crippen LogP contribution in [0.2, 0.25) is 10.0 Å². The van der Waals surface area contributed by atoms with Crippen molar-refractivity contribution in [3.05, 3.63) is 52.1 Å². The zero-order valence-electron chi connectivity index (χ0n) is 11.1. The highest BCUT2D eigenvalue weighted by Gasteiger charge is 2.10. The van der Waals surface area contributed by atoms with Crippen LogP contribution in [0.15, 0.2) is 36.5 Å². The van der Waals surface area contributed by atoms with Crippen LogP contribution < -0.4 is 10.5 Å². The van der Waals surface area contributed by atoms with E-state index in [0.29, 0.717) is 28.1 Å². The second kappa shape index (κ2) is 6.93. The largest absolute Gasteiger partial charge is 0.439 e. The number of ether oxygens (including phenoxy) is 1. The van der Waals surface area contributed by atoms with Crippen molar-refractivity contribution in [3.8, 4) is 11.6 Å². The highest BCUT2D eigenvalue weighted by atomic mass is 35.5. The van der Waals surface area contributed by atoms with Crippen molar-refractivity contribution in [2.45, 2.75) is 25.8 Å². The second-order valence-corrected chi connectivity index (χ2v) is 5.42. The first-order valence-corrected chi connectivity index (χ1v) is 7.17. The van der Waals surface area contributed by atoms with E-state index in [1.165, 1.54) is 0 Å². The fourth-order valence-corrected chi connectivity index (χ4v) is 2.30. The fourth-order valence-electron chi connectivity index (χ4n) is 1.80. The monoisotopic (exact) mass is 310 g/mol. The molecule has 5 heteroatoms. The summed E-state index contributed by atoms with van der Waals surface area (Å²) in [7, 11) is 0. The normalized spacial score (nSPS) is 12.2. The van der Waals surface area contributed by atoms with Crippen LogP contribution in [-0.4, -0.2) is 11.0 Å². The number of benzene rings is 1. The Morgan fingerprint density at radius 2 is 1.95 bits per heavy atom. The van der Waals surface area contributed by atoms with Crippen molar-refractivity contribution in [1.29, 1.82) is 0 Å². The number of halogens is 2. The van der Waals surface area contributed by atoms with Gasteiger partial charge < -0.3 is 10.5 Å². The van der Waals surface area contributed by atoms with E-state index in [1.807, 2.05) is 12.1 Å². The van der Waals surface area contributed by atoms with Crippen LogP contribution in [0.1, 0.15) is 18.9 Å². The Kier molecular flexibility index (Phi) is 5.24. The Bertz CT molecular complexity index is 570. The molecule has 1 aromatic heterocycles. The van der Waals surface area contributed by atoms with E-state index in [1.54, 1.807) is 24.4 Å². The van der Waals surface area contributed by atoms with E-state index >= 15 is 0 Å². The van der Waals surface area contributed by atoms with Gasteiger partial charge in [-0.15, -0.1) is 0 Å². The molecule has 0 spiro atoms. The fraction of sp³-hybridized carbons (Fsp3) is 0.267. The van der Waals surface area contributed by atoms with Crippen molar-refractivity contribution in [1.82, 2.24) is 4.98 Å². The minimum absolute atomic E-state index is 0.0875. The summed E-state index contributed by atoms with van der Waals surface area (Å²) in [6.45, 7) is 2.05. The number of hydrogen-bond donors (Lipinski definition) is 1. The molecule has 1 heterocycles. The standard InChI is InChI=1S/C15H16Cl2N2O/c1-2-13(18)6-10-4-3-5-19-15(10)20-14-8-11(16)7-12(17)9-14/h3-5,7-9,13H,2,6,18H2,1H3. The third-order valence-electron chi connectivity index (χ3n) is 2.91. The summed E-state index contributed by atoms with van der Waals surface area (Å²) < 4.78 is 5.78. The molecule has 2 rings (SSSR count). The molecule has 1 aromatic carbocycles. The van der Waals surface area contributed by atoms with Gasteiger partial charge in [0.05, 0.1) is 0 Å². The van der Waals surface area contributed by atoms with Gasteiger partial charge in [0, 0.05) is 27.8 Å². The zero-order chi connectivity index (χ0) is 14.5. The highest BCUT2D eigenvalue weighted by molar-refractivity contribution is 6.34. The lowest BCUT2D eigenvalue weighted by molar-refractivity contribution is 0.452. The molecule has 0 amide bonds. The molecule has 0 aliphatic rings. The van der Waals surface area contributed by atoms with Gasteiger partial charge in [-0.2, -0.15) is 0 Å². The molecule has 0 saturated heterocycles. The number of pyridine rings is 1. The van der Waals surface area contributed by atoms with E-state index in [4.69, 9.17) is 33.7 Å². The molecule has 20 heavy (non-hydrogen) atoms. The van der Waals surface area contributed by atoms with Crippen molar-refractivity contribution in [2.24, 2.45) is 5.73 Å². The first kappa shape index (κ1) is 15.1. The minimum atomic E-state index is 0.0875. The van der Waals surface area contributed by atoms with E-state index in [-0.39, 0.29) is 6.04 Å². The van der Waals surface area contributed by atoms with Crippen molar-refractivity contribution in [2.75, 3.05) is 0 Å². The molecule has 1 atom stereocenters. The van der Waals surface area contributed by atoms with E-state index in [0.717, 1.165) is 12.0 Å². The highest BCUT2D eigenvalue weighted by Crippen LogP contribution is 2.29. The molecule has 0 fully saturated rings. The third-order valence-corrected chi connectivity index (χ3v) is 3.34. The summed E-state index contributed by atoms with van der Waals surface area (Å²) in [6.07, 6.45) is 3.30. The summed E-state index contributed by atoms with van der Waals surface area (Å²) >= 11 is 11.9.